The zero-order valence-electron chi connectivity index (χ0n) is 31.1. The molecule has 4 nitrogen and oxygen atoms in total. The van der Waals surface area contributed by atoms with E-state index in [1.165, 1.54) is 54.7 Å². The van der Waals surface area contributed by atoms with E-state index in [0.717, 1.165) is 39.6 Å². The summed E-state index contributed by atoms with van der Waals surface area (Å²) in [6.45, 7) is 0. The maximum absolute atomic E-state index is 4.60. The Labute approximate surface area is 330 Å². The van der Waals surface area contributed by atoms with Gasteiger partial charge in [0.15, 0.2) is 0 Å². The molecule has 0 unspecified atom stereocenters. The van der Waals surface area contributed by atoms with Crippen LogP contribution in [0.2, 0.25) is 0 Å². The van der Waals surface area contributed by atoms with Gasteiger partial charge in [-0.2, -0.15) is 0 Å². The molecular formula is C53H36N4. The van der Waals surface area contributed by atoms with Gasteiger partial charge in [-0.3, -0.25) is 4.98 Å². The Balaban J connectivity index is 1.18. The SMILES string of the molecule is c1ccc(-c2ccc(N(c3cccnc3)c3cc(-c4ccc5c6ccccc6n(-c6ccccc6)c5c4)cc(-n4c5ccccc5c5ccccc54)c3)cc2)cc1. The highest BCUT2D eigenvalue weighted by Gasteiger charge is 2.20. The minimum absolute atomic E-state index is 0.981. The maximum Gasteiger partial charge on any atom is 0.0644 e. The number of para-hydroxylation sites is 4. The lowest BCUT2D eigenvalue weighted by atomic mass is 10.0. The van der Waals surface area contributed by atoms with Gasteiger partial charge in [-0.15, -0.1) is 0 Å². The summed E-state index contributed by atoms with van der Waals surface area (Å²) < 4.78 is 4.80. The van der Waals surface area contributed by atoms with E-state index in [1.54, 1.807) is 0 Å². The van der Waals surface area contributed by atoms with Crippen LogP contribution < -0.4 is 4.90 Å². The predicted molar refractivity (Wildman–Crippen MR) is 238 cm³/mol. The Bertz CT molecular complexity index is 3160. The van der Waals surface area contributed by atoms with Gasteiger partial charge in [0.2, 0.25) is 0 Å². The molecule has 11 rings (SSSR count). The number of anilines is 3. The minimum Gasteiger partial charge on any atom is -0.309 e. The van der Waals surface area contributed by atoms with Crippen LogP contribution in [0.1, 0.15) is 0 Å². The van der Waals surface area contributed by atoms with Crippen LogP contribution in [-0.4, -0.2) is 14.1 Å². The van der Waals surface area contributed by atoms with Gasteiger partial charge >= 0.3 is 0 Å². The third kappa shape index (κ3) is 5.58. The quantitative estimate of drug-likeness (QED) is 0.163. The first-order valence-electron chi connectivity index (χ1n) is 19.4. The summed E-state index contributed by atoms with van der Waals surface area (Å²) in [6.07, 6.45) is 3.78. The second-order valence-corrected chi connectivity index (χ2v) is 14.5. The van der Waals surface area contributed by atoms with E-state index in [9.17, 15) is 0 Å². The number of nitrogens with zero attached hydrogens (tertiary/aromatic N) is 4. The van der Waals surface area contributed by atoms with Crippen molar-refractivity contribution < 1.29 is 0 Å². The maximum atomic E-state index is 4.60. The Kier molecular flexibility index (Phi) is 7.78. The van der Waals surface area contributed by atoms with Gasteiger partial charge in [-0.05, 0) is 101 Å². The number of aromatic nitrogens is 3. The van der Waals surface area contributed by atoms with Gasteiger partial charge in [-0.1, -0.05) is 127 Å². The molecule has 0 aliphatic carbocycles. The Morgan fingerprint density at radius 1 is 0.316 bits per heavy atom. The lowest BCUT2D eigenvalue weighted by molar-refractivity contribution is 1.16. The summed E-state index contributed by atoms with van der Waals surface area (Å²) in [5, 5.41) is 4.93. The monoisotopic (exact) mass is 728 g/mol. The van der Waals surface area contributed by atoms with Gasteiger partial charge in [0.05, 0.1) is 34.0 Å². The molecule has 0 saturated heterocycles. The van der Waals surface area contributed by atoms with Crippen LogP contribution in [0.25, 0.3) is 77.2 Å². The third-order valence-corrected chi connectivity index (χ3v) is 11.2. The highest BCUT2D eigenvalue weighted by Crippen LogP contribution is 2.42. The number of rotatable bonds is 7. The predicted octanol–water partition coefficient (Wildman–Crippen LogP) is 14.1. The van der Waals surface area contributed by atoms with Crippen molar-refractivity contribution in [1.29, 1.82) is 0 Å². The van der Waals surface area contributed by atoms with Gasteiger partial charge in [0.25, 0.3) is 0 Å². The molecule has 11 aromatic rings. The van der Waals surface area contributed by atoms with Crippen LogP contribution in [0, 0.1) is 0 Å². The lowest BCUT2D eigenvalue weighted by Gasteiger charge is -2.27. The first-order chi connectivity index (χ1) is 28.3. The molecule has 0 aliphatic heterocycles. The smallest absolute Gasteiger partial charge is 0.0644 e. The standard InChI is InChI=1S/C53H36N4/c1-3-14-37(15-4-1)38-25-28-42(29-26-38)55(43-18-13-31-54-36-43)44-32-40(33-45(35-44)57-51-23-11-7-19-46(51)47-20-8-12-24-52(47)57)39-27-30-49-48-21-9-10-22-50(48)56(53(49)34-39)41-16-5-2-6-17-41/h1-36H. The Morgan fingerprint density at radius 3 is 1.49 bits per heavy atom. The van der Waals surface area contributed by atoms with Crippen LogP contribution in [0.15, 0.2) is 219 Å². The van der Waals surface area contributed by atoms with Crippen molar-refractivity contribution in [1.82, 2.24) is 14.1 Å². The minimum atomic E-state index is 0.981. The van der Waals surface area contributed by atoms with E-state index in [4.69, 9.17) is 0 Å². The fourth-order valence-corrected chi connectivity index (χ4v) is 8.59. The van der Waals surface area contributed by atoms with Gasteiger partial charge < -0.3 is 14.0 Å². The van der Waals surface area contributed by atoms with Crippen molar-refractivity contribution in [3.05, 3.63) is 219 Å². The second kappa shape index (κ2) is 13.6. The summed E-state index contributed by atoms with van der Waals surface area (Å²) >= 11 is 0. The Hall–Kier alpha value is -7.69. The fraction of sp³-hybridized carbons (Fsp3) is 0. The van der Waals surface area contributed by atoms with Crippen molar-refractivity contribution in [2.24, 2.45) is 0 Å². The van der Waals surface area contributed by atoms with Crippen LogP contribution in [0.3, 0.4) is 0 Å². The van der Waals surface area contributed by atoms with Crippen LogP contribution >= 0.6 is 0 Å². The molecular weight excluding hydrogens is 693 g/mol. The van der Waals surface area contributed by atoms with Gasteiger partial charge in [0.1, 0.15) is 0 Å². The van der Waals surface area contributed by atoms with E-state index in [2.05, 4.69) is 219 Å². The largest absolute Gasteiger partial charge is 0.309 e. The van der Waals surface area contributed by atoms with Crippen molar-refractivity contribution in [2.45, 2.75) is 0 Å². The van der Waals surface area contributed by atoms with E-state index >= 15 is 0 Å². The number of hydrogen-bond acceptors (Lipinski definition) is 2. The first-order valence-corrected chi connectivity index (χ1v) is 19.4. The van der Waals surface area contributed by atoms with Gasteiger partial charge in [-0.25, -0.2) is 0 Å². The van der Waals surface area contributed by atoms with Crippen LogP contribution in [0.4, 0.5) is 17.1 Å². The molecule has 8 aromatic carbocycles. The molecule has 0 fully saturated rings. The molecule has 0 radical (unpaired) electrons. The van der Waals surface area contributed by atoms with Gasteiger partial charge in [0, 0.05) is 50.5 Å². The lowest BCUT2D eigenvalue weighted by Crippen LogP contribution is -2.11. The average molecular weight is 729 g/mol. The average Bonchev–Trinajstić information content (AvgIpc) is 3.80. The molecule has 0 bridgehead atoms. The number of benzene rings is 8. The summed E-state index contributed by atoms with van der Waals surface area (Å²) in [5.74, 6) is 0. The second-order valence-electron chi connectivity index (χ2n) is 14.5. The first kappa shape index (κ1) is 32.7. The number of hydrogen-bond donors (Lipinski definition) is 0. The molecule has 0 saturated carbocycles. The molecule has 4 heteroatoms. The van der Waals surface area contributed by atoms with Crippen molar-refractivity contribution in [2.75, 3.05) is 4.90 Å². The van der Waals surface area contributed by atoms with E-state index in [0.29, 0.717) is 0 Å². The summed E-state index contributed by atoms with van der Waals surface area (Å²) in [4.78, 5) is 6.92. The normalized spacial score (nSPS) is 11.5. The Morgan fingerprint density at radius 2 is 0.860 bits per heavy atom. The topological polar surface area (TPSA) is 26.0 Å². The molecule has 0 N–H and O–H groups in total. The number of pyridine rings is 1. The third-order valence-electron chi connectivity index (χ3n) is 11.2. The molecule has 0 aliphatic rings. The summed E-state index contributed by atoms with van der Waals surface area (Å²) in [7, 11) is 0. The van der Waals surface area contributed by atoms with Crippen LogP contribution in [0.5, 0.6) is 0 Å². The highest BCUT2D eigenvalue weighted by molar-refractivity contribution is 6.11. The zero-order valence-corrected chi connectivity index (χ0v) is 31.1. The van der Waals surface area contributed by atoms with E-state index in [1.807, 2.05) is 18.5 Å². The molecule has 0 spiro atoms. The fourth-order valence-electron chi connectivity index (χ4n) is 8.59. The highest BCUT2D eigenvalue weighted by atomic mass is 15.1. The molecule has 57 heavy (non-hydrogen) atoms. The van der Waals surface area contributed by atoms with Crippen LogP contribution in [-0.2, 0) is 0 Å². The zero-order chi connectivity index (χ0) is 37.7. The molecule has 0 atom stereocenters. The molecule has 3 heterocycles. The van der Waals surface area contributed by atoms with Crippen molar-refractivity contribution >= 4 is 60.7 Å². The van der Waals surface area contributed by atoms with E-state index in [-0.39, 0.29) is 0 Å². The van der Waals surface area contributed by atoms with Crippen molar-refractivity contribution in [3.63, 3.8) is 0 Å². The molecule has 0 amide bonds. The number of fused-ring (bicyclic) bond motifs is 6. The van der Waals surface area contributed by atoms with Crippen molar-refractivity contribution in [3.8, 4) is 33.6 Å². The molecule has 3 aromatic heterocycles. The summed E-state index contributed by atoms with van der Waals surface area (Å²) in [6, 6.07) is 74.3. The van der Waals surface area contributed by atoms with E-state index < -0.39 is 0 Å². The molecule has 268 valence electrons. The summed E-state index contributed by atoms with van der Waals surface area (Å²) in [5.41, 5.74) is 14.6.